The topological polar surface area (TPSA) is 26.3 Å². The first-order chi connectivity index (χ1) is 6.66. The molecule has 0 spiro atoms. The molecular weight excluding hydrogens is 244 g/mol. The number of ether oxygens (including phenoxy) is 1. The number of rotatable bonds is 2. The molecule has 0 N–H and O–H groups in total. The Hall–Kier alpha value is -0.0500. The number of hydrogen-bond acceptors (Lipinski definition) is 2. The van der Waals surface area contributed by atoms with Crippen LogP contribution in [-0.4, -0.2) is 18.4 Å². The van der Waals surface area contributed by atoms with E-state index < -0.39 is 0 Å². The van der Waals surface area contributed by atoms with Crippen molar-refractivity contribution in [3.63, 3.8) is 0 Å². The van der Waals surface area contributed by atoms with E-state index in [1.165, 1.54) is 26.4 Å². The van der Waals surface area contributed by atoms with E-state index in [-0.39, 0.29) is 11.4 Å². The number of esters is 1. The monoisotopic (exact) mass is 260 g/mol. The average Bonchev–Trinajstić information content (AvgIpc) is 2.30. The minimum absolute atomic E-state index is 0.0281. The van der Waals surface area contributed by atoms with Crippen molar-refractivity contribution in [1.82, 2.24) is 0 Å². The van der Waals surface area contributed by atoms with Gasteiger partial charge in [-0.3, -0.25) is 4.79 Å². The van der Waals surface area contributed by atoms with Crippen LogP contribution in [0.5, 0.6) is 0 Å². The van der Waals surface area contributed by atoms with E-state index in [0.29, 0.717) is 5.41 Å². The molecular formula is C11H17BrO2. The molecule has 0 unspecified atom stereocenters. The molecule has 0 aliphatic heterocycles. The summed E-state index contributed by atoms with van der Waals surface area (Å²) in [5.41, 5.74) is 0.383. The molecule has 0 atom stereocenters. The van der Waals surface area contributed by atoms with Gasteiger partial charge < -0.3 is 4.74 Å². The average molecular weight is 261 g/mol. The molecule has 3 aliphatic carbocycles. The molecule has 2 nitrogen and oxygen atoms in total. The largest absolute Gasteiger partial charge is 0.469 e. The van der Waals surface area contributed by atoms with Crippen LogP contribution in [0.3, 0.4) is 0 Å². The van der Waals surface area contributed by atoms with Gasteiger partial charge in [-0.25, -0.2) is 0 Å². The Kier molecular flexibility index (Phi) is 2.63. The third kappa shape index (κ3) is 1.40. The maximum atomic E-state index is 11.7. The van der Waals surface area contributed by atoms with Crippen molar-refractivity contribution in [2.45, 2.75) is 38.5 Å². The highest BCUT2D eigenvalue weighted by molar-refractivity contribution is 9.09. The standard InChI is InChI=1S/C11H17BrO2/c1-14-9(13)11-5-2-10(8-12,3-6-11)4-7-11/h2-8H2,1H3. The Morgan fingerprint density at radius 2 is 1.71 bits per heavy atom. The van der Waals surface area contributed by atoms with Crippen LogP contribution in [0.2, 0.25) is 0 Å². The first-order valence-corrected chi connectivity index (χ1v) is 6.43. The van der Waals surface area contributed by atoms with Gasteiger partial charge in [0.15, 0.2) is 0 Å². The molecule has 14 heavy (non-hydrogen) atoms. The summed E-state index contributed by atoms with van der Waals surface area (Å²) in [5, 5.41) is 1.09. The van der Waals surface area contributed by atoms with Crippen molar-refractivity contribution in [2.75, 3.05) is 12.4 Å². The predicted molar refractivity (Wildman–Crippen MR) is 58.4 cm³/mol. The summed E-state index contributed by atoms with van der Waals surface area (Å²) in [7, 11) is 1.51. The first kappa shape index (κ1) is 10.5. The van der Waals surface area contributed by atoms with Crippen LogP contribution < -0.4 is 0 Å². The molecule has 80 valence electrons. The summed E-state index contributed by atoms with van der Waals surface area (Å²) < 4.78 is 4.92. The molecule has 0 aromatic carbocycles. The van der Waals surface area contributed by atoms with Crippen molar-refractivity contribution in [3.05, 3.63) is 0 Å². The van der Waals surface area contributed by atoms with Crippen LogP contribution in [-0.2, 0) is 9.53 Å². The second-order valence-electron chi connectivity index (χ2n) is 4.91. The van der Waals surface area contributed by atoms with E-state index >= 15 is 0 Å². The summed E-state index contributed by atoms with van der Waals surface area (Å²) in [6, 6.07) is 0. The zero-order valence-corrected chi connectivity index (χ0v) is 10.2. The van der Waals surface area contributed by atoms with Gasteiger partial charge in [0.25, 0.3) is 0 Å². The lowest BCUT2D eigenvalue weighted by Gasteiger charge is -2.51. The van der Waals surface area contributed by atoms with Crippen molar-refractivity contribution in [1.29, 1.82) is 0 Å². The van der Waals surface area contributed by atoms with Gasteiger partial charge >= 0.3 is 5.97 Å². The zero-order valence-electron chi connectivity index (χ0n) is 8.64. The number of hydrogen-bond donors (Lipinski definition) is 0. The fraction of sp³-hybridized carbons (Fsp3) is 0.909. The van der Waals surface area contributed by atoms with Gasteiger partial charge in [0.2, 0.25) is 0 Å². The Labute approximate surface area is 93.5 Å². The minimum Gasteiger partial charge on any atom is -0.469 e. The van der Waals surface area contributed by atoms with Crippen molar-refractivity contribution in [2.24, 2.45) is 10.8 Å². The van der Waals surface area contributed by atoms with Gasteiger partial charge in [-0.15, -0.1) is 0 Å². The van der Waals surface area contributed by atoms with Crippen LogP contribution in [0.25, 0.3) is 0 Å². The third-order valence-corrected chi connectivity index (χ3v) is 5.49. The molecule has 0 saturated heterocycles. The van der Waals surface area contributed by atoms with Crippen molar-refractivity contribution >= 4 is 21.9 Å². The van der Waals surface area contributed by atoms with Gasteiger partial charge in [0.1, 0.15) is 0 Å². The number of halogens is 1. The van der Waals surface area contributed by atoms with Crippen LogP contribution in [0, 0.1) is 10.8 Å². The second kappa shape index (κ2) is 3.51. The Morgan fingerprint density at radius 3 is 2.07 bits per heavy atom. The van der Waals surface area contributed by atoms with E-state index in [2.05, 4.69) is 15.9 Å². The van der Waals surface area contributed by atoms with Gasteiger partial charge in [0.05, 0.1) is 12.5 Å². The molecule has 3 fully saturated rings. The first-order valence-electron chi connectivity index (χ1n) is 5.31. The lowest BCUT2D eigenvalue weighted by Crippen LogP contribution is -2.47. The fourth-order valence-electron chi connectivity index (χ4n) is 2.99. The molecule has 3 rings (SSSR count). The van der Waals surface area contributed by atoms with E-state index in [1.54, 1.807) is 0 Å². The Bertz CT molecular complexity index is 225. The minimum atomic E-state index is -0.112. The molecule has 3 heteroatoms. The maximum absolute atomic E-state index is 11.7. The highest BCUT2D eigenvalue weighted by atomic mass is 79.9. The molecule has 0 aromatic heterocycles. The summed E-state index contributed by atoms with van der Waals surface area (Å²) in [5.74, 6) is 0.0281. The van der Waals surface area contributed by atoms with E-state index in [4.69, 9.17) is 4.74 Å². The summed E-state index contributed by atoms with van der Waals surface area (Å²) in [6.07, 6.45) is 6.66. The normalized spacial score (nSPS) is 41.0. The zero-order chi connectivity index (χ0) is 10.2. The second-order valence-corrected chi connectivity index (χ2v) is 5.47. The summed E-state index contributed by atoms with van der Waals surface area (Å²) in [6.45, 7) is 0. The molecule has 0 amide bonds. The number of fused-ring (bicyclic) bond motifs is 3. The fourth-order valence-corrected chi connectivity index (χ4v) is 3.83. The highest BCUT2D eigenvalue weighted by Gasteiger charge is 2.52. The Balaban J connectivity index is 2.12. The van der Waals surface area contributed by atoms with E-state index in [1.807, 2.05) is 0 Å². The lowest BCUT2D eigenvalue weighted by atomic mass is 9.54. The molecule has 3 aliphatic rings. The summed E-state index contributed by atoms with van der Waals surface area (Å²) >= 11 is 3.61. The molecule has 3 saturated carbocycles. The van der Waals surface area contributed by atoms with Crippen molar-refractivity contribution in [3.8, 4) is 0 Å². The van der Waals surface area contributed by atoms with Crippen LogP contribution in [0.15, 0.2) is 0 Å². The SMILES string of the molecule is COC(=O)C12CCC(CBr)(CC1)CC2. The van der Waals surface area contributed by atoms with Crippen LogP contribution in [0.4, 0.5) is 0 Å². The van der Waals surface area contributed by atoms with Crippen LogP contribution in [0.1, 0.15) is 38.5 Å². The van der Waals surface area contributed by atoms with Gasteiger partial charge in [0, 0.05) is 5.33 Å². The van der Waals surface area contributed by atoms with E-state index in [9.17, 15) is 4.79 Å². The third-order valence-electron chi connectivity index (χ3n) is 4.30. The molecule has 0 heterocycles. The van der Waals surface area contributed by atoms with E-state index in [0.717, 1.165) is 24.6 Å². The van der Waals surface area contributed by atoms with Gasteiger partial charge in [-0.1, -0.05) is 15.9 Å². The van der Waals surface area contributed by atoms with Gasteiger partial charge in [-0.05, 0) is 43.9 Å². The predicted octanol–water partition coefficient (Wildman–Crippen LogP) is 2.89. The maximum Gasteiger partial charge on any atom is 0.311 e. The quantitative estimate of drug-likeness (QED) is 0.564. The number of carbonyl (C=O) groups is 1. The smallest absolute Gasteiger partial charge is 0.311 e. The lowest BCUT2D eigenvalue weighted by molar-refractivity contribution is -0.161. The number of carbonyl (C=O) groups excluding carboxylic acids is 1. The van der Waals surface area contributed by atoms with Crippen molar-refractivity contribution < 1.29 is 9.53 Å². The summed E-state index contributed by atoms with van der Waals surface area (Å²) in [4.78, 5) is 11.7. The molecule has 2 bridgehead atoms. The highest BCUT2D eigenvalue weighted by Crippen LogP contribution is 2.57. The van der Waals surface area contributed by atoms with Crippen LogP contribution >= 0.6 is 15.9 Å². The number of methoxy groups -OCH3 is 1. The molecule has 0 radical (unpaired) electrons. The van der Waals surface area contributed by atoms with Gasteiger partial charge in [-0.2, -0.15) is 0 Å². The Morgan fingerprint density at radius 1 is 1.21 bits per heavy atom. The number of alkyl halides is 1. The molecule has 0 aromatic rings.